The minimum atomic E-state index is -0.149. The lowest BCUT2D eigenvalue weighted by Gasteiger charge is -2.08. The molecular weight excluding hydrogens is 248 g/mol. The van der Waals surface area contributed by atoms with E-state index < -0.39 is 0 Å². The highest BCUT2D eigenvalue weighted by Gasteiger charge is 2.00. The molecule has 0 aliphatic rings. The van der Waals surface area contributed by atoms with Gasteiger partial charge in [0.05, 0.1) is 0 Å². The fourth-order valence-electron chi connectivity index (χ4n) is 2.04. The van der Waals surface area contributed by atoms with Crippen LogP contribution in [0.15, 0.2) is 54.6 Å². The zero-order chi connectivity index (χ0) is 14.2. The maximum Gasteiger partial charge on any atom is 0.319 e. The first-order chi connectivity index (χ1) is 9.74. The lowest BCUT2D eigenvalue weighted by Crippen LogP contribution is -2.29. The van der Waals surface area contributed by atoms with Gasteiger partial charge in [-0.1, -0.05) is 42.5 Å². The molecule has 20 heavy (non-hydrogen) atoms. The van der Waals surface area contributed by atoms with E-state index in [1.165, 1.54) is 5.56 Å². The average molecular weight is 268 g/mol. The number of urea groups is 1. The van der Waals surface area contributed by atoms with Gasteiger partial charge in [0.2, 0.25) is 0 Å². The lowest BCUT2D eigenvalue weighted by atomic mass is 10.1. The lowest BCUT2D eigenvalue weighted by molar-refractivity contribution is 0.252. The van der Waals surface area contributed by atoms with Crippen molar-refractivity contribution in [3.05, 3.63) is 65.7 Å². The quantitative estimate of drug-likeness (QED) is 0.797. The number of hydrogen-bond acceptors (Lipinski definition) is 1. The normalized spacial score (nSPS) is 10.1. The van der Waals surface area contributed by atoms with Crippen molar-refractivity contribution < 1.29 is 4.79 Å². The van der Waals surface area contributed by atoms with Gasteiger partial charge < -0.3 is 10.6 Å². The number of hydrogen-bond donors (Lipinski definition) is 2. The Bertz CT molecular complexity index is 552. The van der Waals surface area contributed by atoms with E-state index in [9.17, 15) is 4.79 Å². The molecular formula is C17H20N2O. The summed E-state index contributed by atoms with van der Waals surface area (Å²) in [7, 11) is 0. The van der Waals surface area contributed by atoms with Crippen molar-refractivity contribution in [3.63, 3.8) is 0 Å². The highest BCUT2D eigenvalue weighted by molar-refractivity contribution is 5.89. The van der Waals surface area contributed by atoms with Gasteiger partial charge in [0, 0.05) is 12.2 Å². The van der Waals surface area contributed by atoms with Gasteiger partial charge in [-0.2, -0.15) is 0 Å². The van der Waals surface area contributed by atoms with Gasteiger partial charge in [0.15, 0.2) is 0 Å². The predicted molar refractivity (Wildman–Crippen MR) is 83.0 cm³/mol. The highest BCUT2D eigenvalue weighted by Crippen LogP contribution is 2.09. The fourth-order valence-corrected chi connectivity index (χ4v) is 2.04. The second-order valence-electron chi connectivity index (χ2n) is 4.84. The number of nitrogens with one attached hydrogen (secondary N) is 2. The van der Waals surface area contributed by atoms with Crippen LogP contribution in [-0.4, -0.2) is 12.6 Å². The minimum Gasteiger partial charge on any atom is -0.338 e. The van der Waals surface area contributed by atoms with Crippen molar-refractivity contribution in [3.8, 4) is 0 Å². The molecule has 0 fully saturated rings. The third-order valence-electron chi connectivity index (χ3n) is 3.05. The molecule has 104 valence electrons. The smallest absolute Gasteiger partial charge is 0.319 e. The van der Waals surface area contributed by atoms with Crippen LogP contribution in [0, 0.1) is 6.92 Å². The molecule has 0 heterocycles. The molecule has 0 saturated heterocycles. The number of aryl methyl sites for hydroxylation is 2. The second-order valence-corrected chi connectivity index (χ2v) is 4.84. The summed E-state index contributed by atoms with van der Waals surface area (Å²) in [6, 6.07) is 17.9. The number of amides is 2. The van der Waals surface area contributed by atoms with E-state index >= 15 is 0 Å². The van der Waals surface area contributed by atoms with Crippen molar-refractivity contribution in [2.45, 2.75) is 19.8 Å². The topological polar surface area (TPSA) is 41.1 Å². The van der Waals surface area contributed by atoms with E-state index in [1.807, 2.05) is 49.4 Å². The third-order valence-corrected chi connectivity index (χ3v) is 3.05. The van der Waals surface area contributed by atoms with E-state index in [0.29, 0.717) is 6.54 Å². The van der Waals surface area contributed by atoms with E-state index in [0.717, 1.165) is 24.1 Å². The molecule has 3 nitrogen and oxygen atoms in total. The number of carbonyl (C=O) groups excluding carboxylic acids is 1. The Labute approximate surface area is 120 Å². The van der Waals surface area contributed by atoms with Crippen LogP contribution in [0.25, 0.3) is 0 Å². The molecule has 0 spiro atoms. The van der Waals surface area contributed by atoms with Gasteiger partial charge in [-0.25, -0.2) is 4.79 Å². The number of benzene rings is 2. The Balaban J connectivity index is 1.68. The molecule has 0 aliphatic heterocycles. The summed E-state index contributed by atoms with van der Waals surface area (Å²) in [5, 5.41) is 5.70. The van der Waals surface area contributed by atoms with Crippen LogP contribution in [0.1, 0.15) is 17.5 Å². The Morgan fingerprint density at radius 1 is 1.05 bits per heavy atom. The number of rotatable bonds is 5. The van der Waals surface area contributed by atoms with Crippen LogP contribution in [0.5, 0.6) is 0 Å². The van der Waals surface area contributed by atoms with Crippen LogP contribution >= 0.6 is 0 Å². The summed E-state index contributed by atoms with van der Waals surface area (Å²) in [6.07, 6.45) is 1.91. The summed E-state index contributed by atoms with van der Waals surface area (Å²) in [6.45, 7) is 2.68. The van der Waals surface area contributed by atoms with Crippen LogP contribution in [0.3, 0.4) is 0 Å². The van der Waals surface area contributed by atoms with Gasteiger partial charge in [-0.3, -0.25) is 0 Å². The molecule has 0 atom stereocenters. The molecule has 2 rings (SSSR count). The first-order valence-electron chi connectivity index (χ1n) is 6.89. The first kappa shape index (κ1) is 14.1. The molecule has 0 saturated carbocycles. The second kappa shape index (κ2) is 7.34. The zero-order valence-electron chi connectivity index (χ0n) is 11.7. The van der Waals surface area contributed by atoms with Crippen molar-refractivity contribution in [1.82, 2.24) is 5.32 Å². The summed E-state index contributed by atoms with van der Waals surface area (Å²) in [5.41, 5.74) is 3.26. The maximum absolute atomic E-state index is 11.7. The van der Waals surface area contributed by atoms with E-state index in [-0.39, 0.29) is 6.03 Å². The molecule has 2 N–H and O–H groups in total. The molecule has 2 aromatic rings. The fraction of sp³-hybridized carbons (Fsp3) is 0.235. The Kier molecular flexibility index (Phi) is 5.18. The highest BCUT2D eigenvalue weighted by atomic mass is 16.2. The van der Waals surface area contributed by atoms with Crippen molar-refractivity contribution in [1.29, 1.82) is 0 Å². The predicted octanol–water partition coefficient (Wildman–Crippen LogP) is 3.75. The van der Waals surface area contributed by atoms with E-state index in [2.05, 4.69) is 22.8 Å². The van der Waals surface area contributed by atoms with E-state index in [1.54, 1.807) is 0 Å². The average Bonchev–Trinajstić information content (AvgIpc) is 2.45. The van der Waals surface area contributed by atoms with Crippen LogP contribution in [0.2, 0.25) is 0 Å². The standard InChI is InChI=1S/C17H20N2O/c1-14-7-5-11-16(13-14)19-17(20)18-12-6-10-15-8-3-2-4-9-15/h2-5,7-9,11,13H,6,10,12H2,1H3,(H2,18,19,20). The summed E-state index contributed by atoms with van der Waals surface area (Å²) in [4.78, 5) is 11.7. The number of carbonyl (C=O) groups is 1. The van der Waals surface area contributed by atoms with Crippen molar-refractivity contribution in [2.24, 2.45) is 0 Å². The van der Waals surface area contributed by atoms with Crippen LogP contribution < -0.4 is 10.6 Å². The van der Waals surface area contributed by atoms with Gasteiger partial charge in [0.25, 0.3) is 0 Å². The molecule has 0 aromatic heterocycles. The third kappa shape index (κ3) is 4.76. The van der Waals surface area contributed by atoms with Crippen molar-refractivity contribution in [2.75, 3.05) is 11.9 Å². The number of anilines is 1. The van der Waals surface area contributed by atoms with Crippen molar-refractivity contribution >= 4 is 11.7 Å². The maximum atomic E-state index is 11.7. The van der Waals surface area contributed by atoms with E-state index in [4.69, 9.17) is 0 Å². The molecule has 0 bridgehead atoms. The summed E-state index contributed by atoms with van der Waals surface area (Å²) >= 11 is 0. The van der Waals surface area contributed by atoms with Crippen LogP contribution in [-0.2, 0) is 6.42 Å². The molecule has 0 radical (unpaired) electrons. The Hall–Kier alpha value is -2.29. The molecule has 0 aliphatic carbocycles. The Morgan fingerprint density at radius 2 is 1.85 bits per heavy atom. The summed E-state index contributed by atoms with van der Waals surface area (Å²) in [5.74, 6) is 0. The van der Waals surface area contributed by atoms with Gasteiger partial charge >= 0.3 is 6.03 Å². The first-order valence-corrected chi connectivity index (χ1v) is 6.89. The van der Waals surface area contributed by atoms with Gasteiger partial charge in [-0.05, 0) is 43.0 Å². The Morgan fingerprint density at radius 3 is 2.60 bits per heavy atom. The zero-order valence-corrected chi connectivity index (χ0v) is 11.7. The monoisotopic (exact) mass is 268 g/mol. The minimum absolute atomic E-state index is 0.149. The summed E-state index contributed by atoms with van der Waals surface area (Å²) < 4.78 is 0. The molecule has 0 unspecified atom stereocenters. The molecule has 3 heteroatoms. The SMILES string of the molecule is Cc1cccc(NC(=O)NCCCc2ccccc2)c1. The van der Waals surface area contributed by atoms with Crippen LogP contribution in [0.4, 0.5) is 10.5 Å². The van der Waals surface area contributed by atoms with Gasteiger partial charge in [0.1, 0.15) is 0 Å². The van der Waals surface area contributed by atoms with Gasteiger partial charge in [-0.15, -0.1) is 0 Å². The molecule has 2 aromatic carbocycles. The molecule has 2 amide bonds. The largest absolute Gasteiger partial charge is 0.338 e.